The van der Waals surface area contributed by atoms with E-state index in [-0.39, 0.29) is 30.9 Å². The lowest BCUT2D eigenvalue weighted by Gasteiger charge is -2.39. The highest BCUT2D eigenvalue weighted by atomic mass is 16.5. The summed E-state index contributed by atoms with van der Waals surface area (Å²) >= 11 is 0. The number of aliphatic carboxylic acids is 1. The summed E-state index contributed by atoms with van der Waals surface area (Å²) in [7, 11) is 0. The van der Waals surface area contributed by atoms with Gasteiger partial charge in [-0.25, -0.2) is 9.59 Å². The lowest BCUT2D eigenvalue weighted by Crippen LogP contribution is -2.55. The summed E-state index contributed by atoms with van der Waals surface area (Å²) in [6.45, 7) is 2.43. The Morgan fingerprint density at radius 2 is 1.69 bits per heavy atom. The van der Waals surface area contributed by atoms with Gasteiger partial charge in [-0.05, 0) is 60.8 Å². The Morgan fingerprint density at radius 3 is 2.26 bits per heavy atom. The van der Waals surface area contributed by atoms with Crippen molar-refractivity contribution in [3.8, 4) is 11.1 Å². The van der Waals surface area contributed by atoms with Crippen molar-refractivity contribution in [1.29, 1.82) is 0 Å². The van der Waals surface area contributed by atoms with E-state index < -0.39 is 23.5 Å². The van der Waals surface area contributed by atoms with Crippen molar-refractivity contribution >= 4 is 18.0 Å². The van der Waals surface area contributed by atoms with Gasteiger partial charge in [-0.3, -0.25) is 4.79 Å². The van der Waals surface area contributed by atoms with Gasteiger partial charge in [0.15, 0.2) is 0 Å². The zero-order valence-electron chi connectivity index (χ0n) is 20.0. The van der Waals surface area contributed by atoms with Crippen molar-refractivity contribution in [3.63, 3.8) is 0 Å². The van der Waals surface area contributed by atoms with Crippen LogP contribution in [0.5, 0.6) is 0 Å². The minimum Gasteiger partial charge on any atom is -0.480 e. The highest BCUT2D eigenvalue weighted by molar-refractivity contribution is 5.89. The van der Waals surface area contributed by atoms with Gasteiger partial charge in [-0.2, -0.15) is 0 Å². The molecule has 0 spiro atoms. The number of hydrogen-bond donors (Lipinski definition) is 2. The van der Waals surface area contributed by atoms with Crippen LogP contribution in [0.4, 0.5) is 4.79 Å². The number of carbonyl (C=O) groups excluding carboxylic acids is 2. The van der Waals surface area contributed by atoms with Crippen LogP contribution in [-0.4, -0.2) is 53.2 Å². The molecule has 7 nitrogen and oxygen atoms in total. The normalized spacial score (nSPS) is 22.1. The monoisotopic (exact) mass is 476 g/mol. The topological polar surface area (TPSA) is 95.9 Å². The van der Waals surface area contributed by atoms with Crippen LogP contribution >= 0.6 is 0 Å². The summed E-state index contributed by atoms with van der Waals surface area (Å²) in [4.78, 5) is 39.5. The van der Waals surface area contributed by atoms with Crippen molar-refractivity contribution in [3.05, 3.63) is 59.7 Å². The molecule has 3 aliphatic rings. The molecule has 2 atom stereocenters. The van der Waals surface area contributed by atoms with Crippen LogP contribution in [0.25, 0.3) is 11.1 Å². The second kappa shape index (κ2) is 9.36. The van der Waals surface area contributed by atoms with Gasteiger partial charge in [0.1, 0.15) is 12.1 Å². The van der Waals surface area contributed by atoms with Crippen molar-refractivity contribution in [2.45, 2.75) is 50.5 Å². The molecule has 0 bridgehead atoms. The van der Waals surface area contributed by atoms with Gasteiger partial charge in [0.25, 0.3) is 0 Å². The van der Waals surface area contributed by atoms with E-state index in [9.17, 15) is 19.5 Å². The molecule has 2 fully saturated rings. The van der Waals surface area contributed by atoms with Gasteiger partial charge >= 0.3 is 12.1 Å². The van der Waals surface area contributed by atoms with E-state index in [0.717, 1.165) is 30.4 Å². The second-order valence-electron chi connectivity index (χ2n) is 10.2. The van der Waals surface area contributed by atoms with Crippen LogP contribution in [0.1, 0.15) is 56.1 Å². The Labute approximate surface area is 205 Å². The molecular weight excluding hydrogens is 444 g/mol. The van der Waals surface area contributed by atoms with Crippen molar-refractivity contribution in [1.82, 2.24) is 10.2 Å². The third kappa shape index (κ3) is 4.17. The first-order valence-electron chi connectivity index (χ1n) is 12.5. The van der Waals surface area contributed by atoms with E-state index in [2.05, 4.69) is 29.6 Å². The fourth-order valence-corrected chi connectivity index (χ4v) is 5.88. The molecule has 2 aromatic carbocycles. The Bertz CT molecular complexity index is 1100. The molecule has 0 aromatic heterocycles. The van der Waals surface area contributed by atoms with E-state index in [1.807, 2.05) is 24.3 Å². The van der Waals surface area contributed by atoms with Crippen LogP contribution < -0.4 is 5.32 Å². The molecule has 1 unspecified atom stereocenters. The molecule has 1 saturated carbocycles. The smallest absolute Gasteiger partial charge is 0.407 e. The second-order valence-corrected chi connectivity index (χ2v) is 10.2. The van der Waals surface area contributed by atoms with Gasteiger partial charge in [-0.1, -0.05) is 55.0 Å². The Hall–Kier alpha value is -3.35. The lowest BCUT2D eigenvalue weighted by atomic mass is 9.75. The number of nitrogens with one attached hydrogen (secondary N) is 1. The van der Waals surface area contributed by atoms with E-state index in [1.165, 1.54) is 16.0 Å². The number of fused-ring (bicyclic) bond motifs is 3. The van der Waals surface area contributed by atoms with Gasteiger partial charge in [-0.15, -0.1) is 0 Å². The third-order valence-electron chi connectivity index (χ3n) is 8.21. The van der Waals surface area contributed by atoms with Crippen molar-refractivity contribution in [2.75, 3.05) is 19.7 Å². The van der Waals surface area contributed by atoms with Crippen LogP contribution in [0, 0.1) is 11.8 Å². The number of ether oxygens (including phenoxy) is 1. The maximum absolute atomic E-state index is 13.4. The number of carboxylic acids is 1. The van der Waals surface area contributed by atoms with Gasteiger partial charge in [0.05, 0.1) is 5.92 Å². The average Bonchev–Trinajstić information content (AvgIpc) is 3.38. The number of carbonyl (C=O) groups is 3. The largest absolute Gasteiger partial charge is 0.480 e. The molecule has 35 heavy (non-hydrogen) atoms. The molecular formula is C28H32N2O5. The standard InChI is InChI=1S/C28H32N2O5/c1-28(26(32)33)14-7-15-30(28)25(31)23(18-8-6-9-18)16-29-27(34)35-17-24-21-12-4-2-10-19(21)20-11-3-5-13-22(20)24/h2-5,10-13,18,23-24H,6-9,14-17H2,1H3,(H,29,34)(H,32,33)/t23?,28-/m1/s1. The molecule has 2 aliphatic carbocycles. The van der Waals surface area contributed by atoms with Crippen molar-refractivity contribution in [2.24, 2.45) is 11.8 Å². The molecule has 1 heterocycles. The molecule has 2 N–H and O–H groups in total. The summed E-state index contributed by atoms with van der Waals surface area (Å²) in [6, 6.07) is 16.3. The number of rotatable bonds is 7. The van der Waals surface area contributed by atoms with E-state index in [4.69, 9.17) is 4.74 Å². The summed E-state index contributed by atoms with van der Waals surface area (Å²) in [6.07, 6.45) is 3.46. The average molecular weight is 477 g/mol. The van der Waals surface area contributed by atoms with Crippen LogP contribution in [0.2, 0.25) is 0 Å². The first kappa shape index (κ1) is 23.4. The van der Waals surface area contributed by atoms with Crippen molar-refractivity contribution < 1.29 is 24.2 Å². The molecule has 1 aliphatic heterocycles. The molecule has 7 heteroatoms. The lowest BCUT2D eigenvalue weighted by molar-refractivity contribution is -0.158. The SMILES string of the molecule is C[C@]1(C(=O)O)CCCN1C(=O)C(CNC(=O)OCC1c2ccccc2-c2ccccc21)C1CCC1. The first-order chi connectivity index (χ1) is 16.9. The number of hydrogen-bond acceptors (Lipinski definition) is 4. The number of carboxylic acid groups (broad SMARTS) is 1. The van der Waals surface area contributed by atoms with Crippen LogP contribution in [0.3, 0.4) is 0 Å². The third-order valence-corrected chi connectivity index (χ3v) is 8.21. The number of benzene rings is 2. The van der Waals surface area contributed by atoms with E-state index in [0.29, 0.717) is 19.4 Å². The minimum atomic E-state index is -1.18. The molecule has 2 aromatic rings. The maximum atomic E-state index is 13.4. The first-order valence-corrected chi connectivity index (χ1v) is 12.5. The number of amides is 2. The van der Waals surface area contributed by atoms with Crippen LogP contribution in [0.15, 0.2) is 48.5 Å². The zero-order chi connectivity index (χ0) is 24.6. The molecule has 2 amide bonds. The summed E-state index contributed by atoms with van der Waals surface area (Å²) in [5.41, 5.74) is 3.44. The molecule has 0 radical (unpaired) electrons. The van der Waals surface area contributed by atoms with Gasteiger partial charge in [0.2, 0.25) is 5.91 Å². The van der Waals surface area contributed by atoms with Gasteiger partial charge in [0, 0.05) is 19.0 Å². The molecule has 5 rings (SSSR count). The fraction of sp³-hybridized carbons (Fsp3) is 0.464. The van der Waals surface area contributed by atoms with Gasteiger partial charge < -0.3 is 20.1 Å². The molecule has 184 valence electrons. The Balaban J connectivity index is 1.23. The van der Waals surface area contributed by atoms with E-state index >= 15 is 0 Å². The number of likely N-dealkylation sites (tertiary alicyclic amines) is 1. The van der Waals surface area contributed by atoms with Crippen LogP contribution in [-0.2, 0) is 14.3 Å². The highest BCUT2D eigenvalue weighted by Crippen LogP contribution is 2.44. The Kier molecular flexibility index (Phi) is 6.26. The number of alkyl carbamates (subject to hydrolysis) is 1. The fourth-order valence-electron chi connectivity index (χ4n) is 5.88. The summed E-state index contributed by atoms with van der Waals surface area (Å²) < 4.78 is 5.64. The minimum absolute atomic E-state index is 0.0296. The maximum Gasteiger partial charge on any atom is 0.407 e. The highest BCUT2D eigenvalue weighted by Gasteiger charge is 2.49. The predicted octanol–water partition coefficient (Wildman–Crippen LogP) is 4.41. The summed E-state index contributed by atoms with van der Waals surface area (Å²) in [5, 5.41) is 12.5. The Morgan fingerprint density at radius 1 is 1.06 bits per heavy atom. The molecule has 1 saturated heterocycles. The zero-order valence-corrected chi connectivity index (χ0v) is 20.0. The van der Waals surface area contributed by atoms with E-state index in [1.54, 1.807) is 6.92 Å². The number of nitrogens with zero attached hydrogens (tertiary/aromatic N) is 1. The predicted molar refractivity (Wildman–Crippen MR) is 131 cm³/mol. The quantitative estimate of drug-likeness (QED) is 0.617. The summed E-state index contributed by atoms with van der Waals surface area (Å²) in [5.74, 6) is -1.44.